The number of ether oxygens (including phenoxy) is 1. The van der Waals surface area contributed by atoms with E-state index < -0.39 is 11.9 Å². The molecule has 1 aromatic rings. The third-order valence-corrected chi connectivity index (χ3v) is 5.06. The van der Waals surface area contributed by atoms with Crippen LogP contribution in [-0.2, 0) is 9.59 Å². The summed E-state index contributed by atoms with van der Waals surface area (Å²) in [6, 6.07) is 6.31. The normalized spacial score (nSPS) is 15.0. The maximum Gasteiger partial charge on any atom is 0.414 e. The van der Waals surface area contributed by atoms with Gasteiger partial charge in [0.25, 0.3) is 0 Å². The van der Waals surface area contributed by atoms with Crippen molar-refractivity contribution in [2.45, 2.75) is 33.1 Å². The molecule has 0 spiro atoms. The van der Waals surface area contributed by atoms with E-state index >= 15 is 0 Å². The molecule has 0 aromatic heterocycles. The summed E-state index contributed by atoms with van der Waals surface area (Å²) in [6.07, 6.45) is 1.10. The largest absolute Gasteiger partial charge is 0.493 e. The number of hydrogen-bond acceptors (Lipinski definition) is 5. The molecule has 7 nitrogen and oxygen atoms in total. The van der Waals surface area contributed by atoms with Crippen molar-refractivity contribution in [3.63, 3.8) is 0 Å². The van der Waals surface area contributed by atoms with Crippen molar-refractivity contribution < 1.29 is 24.5 Å². The first-order valence-corrected chi connectivity index (χ1v) is 10.4. The second kappa shape index (κ2) is 12.7. The van der Waals surface area contributed by atoms with Crippen molar-refractivity contribution in [1.82, 2.24) is 9.80 Å². The van der Waals surface area contributed by atoms with Crippen molar-refractivity contribution in [3.8, 4) is 5.75 Å². The van der Waals surface area contributed by atoms with Crippen LogP contribution in [0.15, 0.2) is 22.7 Å². The molecule has 1 heterocycles. The topological polar surface area (TPSA) is 90.3 Å². The van der Waals surface area contributed by atoms with E-state index in [1.54, 1.807) is 0 Å². The van der Waals surface area contributed by atoms with Crippen LogP contribution in [0, 0.1) is 0 Å². The zero-order valence-electron chi connectivity index (χ0n) is 16.9. The van der Waals surface area contributed by atoms with E-state index in [0.29, 0.717) is 5.92 Å². The minimum atomic E-state index is -1.82. The van der Waals surface area contributed by atoms with Gasteiger partial charge in [0, 0.05) is 37.2 Å². The van der Waals surface area contributed by atoms with Crippen LogP contribution in [0.4, 0.5) is 0 Å². The Morgan fingerprint density at radius 3 is 2.18 bits per heavy atom. The summed E-state index contributed by atoms with van der Waals surface area (Å²) in [5.74, 6) is -2.13. The summed E-state index contributed by atoms with van der Waals surface area (Å²) >= 11 is 3.54. The molecule has 0 aliphatic carbocycles. The minimum absolute atomic E-state index is 0.481. The molecule has 8 heteroatoms. The molecule has 1 aromatic carbocycles. The van der Waals surface area contributed by atoms with Crippen LogP contribution in [0.25, 0.3) is 0 Å². The van der Waals surface area contributed by atoms with Gasteiger partial charge >= 0.3 is 11.9 Å². The molecule has 1 fully saturated rings. The highest BCUT2D eigenvalue weighted by Gasteiger charge is 2.15. The van der Waals surface area contributed by atoms with Gasteiger partial charge in [-0.2, -0.15) is 0 Å². The van der Waals surface area contributed by atoms with E-state index in [9.17, 15) is 0 Å². The fourth-order valence-corrected chi connectivity index (χ4v) is 3.28. The van der Waals surface area contributed by atoms with Crippen LogP contribution in [-0.4, -0.2) is 77.8 Å². The standard InChI is InChI=1S/C18H29BrN2O.C2H2O4/c1-4-20-9-11-21(12-10-20)8-5-13-22-18-7-6-16(19)14-17(18)15(2)3;3-1(4)2(5)6/h6-7,14-15H,4-5,8-13H2,1-3H3;(H,3,4)(H,5,6). The third kappa shape index (κ3) is 9.03. The van der Waals surface area contributed by atoms with Crippen LogP contribution < -0.4 is 4.74 Å². The Hall–Kier alpha value is -1.64. The smallest absolute Gasteiger partial charge is 0.414 e. The molecular formula is C20H31BrN2O5. The first kappa shape index (κ1) is 24.4. The fourth-order valence-electron chi connectivity index (χ4n) is 2.90. The number of piperazine rings is 1. The lowest BCUT2D eigenvalue weighted by Crippen LogP contribution is -2.46. The van der Waals surface area contributed by atoms with Gasteiger partial charge < -0.3 is 24.7 Å². The molecule has 0 radical (unpaired) electrons. The van der Waals surface area contributed by atoms with Gasteiger partial charge in [0.05, 0.1) is 6.61 Å². The molecule has 0 atom stereocenters. The lowest BCUT2D eigenvalue weighted by Gasteiger charge is -2.33. The van der Waals surface area contributed by atoms with Gasteiger partial charge in [-0.05, 0) is 42.6 Å². The molecule has 0 bridgehead atoms. The predicted molar refractivity (Wildman–Crippen MR) is 112 cm³/mol. The van der Waals surface area contributed by atoms with Crippen molar-refractivity contribution in [2.75, 3.05) is 45.9 Å². The van der Waals surface area contributed by atoms with E-state index in [0.717, 1.165) is 29.8 Å². The van der Waals surface area contributed by atoms with Crippen molar-refractivity contribution in [3.05, 3.63) is 28.2 Å². The van der Waals surface area contributed by atoms with E-state index in [1.807, 2.05) is 0 Å². The molecule has 1 aliphatic rings. The highest BCUT2D eigenvalue weighted by Crippen LogP contribution is 2.29. The monoisotopic (exact) mass is 458 g/mol. The van der Waals surface area contributed by atoms with Crippen molar-refractivity contribution in [2.24, 2.45) is 0 Å². The van der Waals surface area contributed by atoms with Gasteiger partial charge in [-0.25, -0.2) is 9.59 Å². The molecule has 1 saturated heterocycles. The number of carboxylic acid groups (broad SMARTS) is 2. The van der Waals surface area contributed by atoms with Gasteiger partial charge in [0.1, 0.15) is 5.75 Å². The Labute approximate surface area is 175 Å². The number of rotatable bonds is 7. The molecule has 0 saturated carbocycles. The number of carbonyl (C=O) groups is 2. The van der Waals surface area contributed by atoms with Crippen LogP contribution in [0.5, 0.6) is 5.75 Å². The average Bonchev–Trinajstić information content (AvgIpc) is 2.67. The maximum atomic E-state index is 9.10. The Morgan fingerprint density at radius 2 is 1.68 bits per heavy atom. The zero-order chi connectivity index (χ0) is 21.1. The summed E-state index contributed by atoms with van der Waals surface area (Å²) in [7, 11) is 0. The Kier molecular flexibility index (Phi) is 11.1. The molecule has 2 rings (SSSR count). The van der Waals surface area contributed by atoms with Crippen LogP contribution in [0.1, 0.15) is 38.7 Å². The van der Waals surface area contributed by atoms with E-state index in [2.05, 4.69) is 64.7 Å². The lowest BCUT2D eigenvalue weighted by atomic mass is 10.0. The SMILES string of the molecule is CCN1CCN(CCCOc2ccc(Br)cc2C(C)C)CC1.O=C(O)C(=O)O. The summed E-state index contributed by atoms with van der Waals surface area (Å²) in [5.41, 5.74) is 1.28. The molecule has 2 N–H and O–H groups in total. The van der Waals surface area contributed by atoms with Crippen LogP contribution in [0.2, 0.25) is 0 Å². The molecule has 158 valence electrons. The molecule has 0 unspecified atom stereocenters. The molecular weight excluding hydrogens is 428 g/mol. The Bertz CT molecular complexity index is 619. The molecule has 0 amide bonds. The zero-order valence-corrected chi connectivity index (χ0v) is 18.4. The first-order chi connectivity index (χ1) is 13.2. The summed E-state index contributed by atoms with van der Waals surface area (Å²) in [6.45, 7) is 14.6. The number of aliphatic carboxylic acids is 2. The number of halogens is 1. The van der Waals surface area contributed by atoms with Crippen molar-refractivity contribution >= 4 is 27.9 Å². The highest BCUT2D eigenvalue weighted by molar-refractivity contribution is 9.10. The van der Waals surface area contributed by atoms with E-state index in [-0.39, 0.29) is 0 Å². The van der Waals surface area contributed by atoms with E-state index in [1.165, 1.54) is 38.3 Å². The average molecular weight is 459 g/mol. The van der Waals surface area contributed by atoms with Gasteiger partial charge in [-0.1, -0.05) is 36.7 Å². The van der Waals surface area contributed by atoms with E-state index in [4.69, 9.17) is 24.5 Å². The van der Waals surface area contributed by atoms with Gasteiger partial charge in [0.2, 0.25) is 0 Å². The second-order valence-electron chi connectivity index (χ2n) is 6.93. The molecule has 28 heavy (non-hydrogen) atoms. The molecule has 1 aliphatic heterocycles. The predicted octanol–water partition coefficient (Wildman–Crippen LogP) is 3.13. The number of carboxylic acids is 2. The second-order valence-corrected chi connectivity index (χ2v) is 7.84. The summed E-state index contributed by atoms with van der Waals surface area (Å²) in [4.78, 5) is 23.3. The van der Waals surface area contributed by atoms with Gasteiger partial charge in [0.15, 0.2) is 0 Å². The van der Waals surface area contributed by atoms with Crippen LogP contribution in [0.3, 0.4) is 0 Å². The lowest BCUT2D eigenvalue weighted by molar-refractivity contribution is -0.159. The Balaban J connectivity index is 0.000000568. The van der Waals surface area contributed by atoms with Crippen molar-refractivity contribution in [1.29, 1.82) is 0 Å². The van der Waals surface area contributed by atoms with Crippen LogP contribution >= 0.6 is 15.9 Å². The number of benzene rings is 1. The Morgan fingerprint density at radius 1 is 1.11 bits per heavy atom. The summed E-state index contributed by atoms with van der Waals surface area (Å²) in [5, 5.41) is 14.8. The number of nitrogens with zero attached hydrogens (tertiary/aromatic N) is 2. The number of hydrogen-bond donors (Lipinski definition) is 2. The fraction of sp³-hybridized carbons (Fsp3) is 0.600. The third-order valence-electron chi connectivity index (χ3n) is 4.57. The summed E-state index contributed by atoms with van der Waals surface area (Å²) < 4.78 is 7.15. The minimum Gasteiger partial charge on any atom is -0.493 e. The maximum absolute atomic E-state index is 9.10. The van der Waals surface area contributed by atoms with Gasteiger partial charge in [-0.3, -0.25) is 0 Å². The van der Waals surface area contributed by atoms with Gasteiger partial charge in [-0.15, -0.1) is 0 Å². The number of likely N-dealkylation sites (N-methyl/N-ethyl adjacent to an activating group) is 1. The highest BCUT2D eigenvalue weighted by atomic mass is 79.9. The first-order valence-electron chi connectivity index (χ1n) is 9.57. The quantitative estimate of drug-likeness (QED) is 0.478.